The number of carboxylic acid groups (broad SMARTS) is 1. The predicted octanol–water partition coefficient (Wildman–Crippen LogP) is 4.79. The number of aromatic nitrogens is 2. The van der Waals surface area contributed by atoms with Gasteiger partial charge in [0.1, 0.15) is 10.8 Å². The fourth-order valence-corrected chi connectivity index (χ4v) is 4.25. The van der Waals surface area contributed by atoms with Crippen LogP contribution < -0.4 is 10.1 Å². The standard InChI is InChI=1S/C25H29N3O5S/c1-16(2)33-25(31)27-15-20-13-21(8-6-18(20)7-9-23(29)30)32-12-10-22-17(3)34-24(28-22)19-5-4-11-26-14-19/h4-6,8,11,13-14,16H,7,9-10,12,15H2,1-3H3,(H,27,31)(H,29,30). The van der Waals surface area contributed by atoms with E-state index in [1.54, 1.807) is 37.6 Å². The highest BCUT2D eigenvalue weighted by molar-refractivity contribution is 7.15. The molecule has 180 valence electrons. The average Bonchev–Trinajstić information content (AvgIpc) is 3.17. The summed E-state index contributed by atoms with van der Waals surface area (Å²) in [4.78, 5) is 32.9. The van der Waals surface area contributed by atoms with Crippen LogP contribution in [-0.4, -0.2) is 39.8 Å². The van der Waals surface area contributed by atoms with Crippen LogP contribution in [0.3, 0.4) is 0 Å². The number of carbonyl (C=O) groups is 2. The van der Waals surface area contributed by atoms with Gasteiger partial charge in [-0.05, 0) is 62.6 Å². The van der Waals surface area contributed by atoms with Gasteiger partial charge in [-0.1, -0.05) is 6.07 Å². The van der Waals surface area contributed by atoms with Crippen molar-refractivity contribution in [3.05, 3.63) is 64.4 Å². The van der Waals surface area contributed by atoms with E-state index >= 15 is 0 Å². The van der Waals surface area contributed by atoms with Crippen LogP contribution in [0, 0.1) is 6.92 Å². The molecule has 2 heterocycles. The number of nitrogens with one attached hydrogen (secondary N) is 1. The first-order valence-corrected chi connectivity index (χ1v) is 11.9. The number of hydrogen-bond donors (Lipinski definition) is 2. The summed E-state index contributed by atoms with van der Waals surface area (Å²) < 4.78 is 11.1. The molecular weight excluding hydrogens is 454 g/mol. The van der Waals surface area contributed by atoms with Crippen molar-refractivity contribution < 1.29 is 24.2 Å². The smallest absolute Gasteiger partial charge is 0.407 e. The number of benzene rings is 1. The molecule has 0 fully saturated rings. The zero-order valence-corrected chi connectivity index (χ0v) is 20.4. The van der Waals surface area contributed by atoms with Gasteiger partial charge in [0.2, 0.25) is 0 Å². The summed E-state index contributed by atoms with van der Waals surface area (Å²) in [6, 6.07) is 9.38. The van der Waals surface area contributed by atoms with Crippen molar-refractivity contribution in [3.63, 3.8) is 0 Å². The summed E-state index contributed by atoms with van der Waals surface area (Å²) in [6.07, 6.45) is 3.81. The Kier molecular flexibility index (Phi) is 8.98. The van der Waals surface area contributed by atoms with Gasteiger partial charge in [0.05, 0.1) is 18.4 Å². The topological polar surface area (TPSA) is 111 Å². The molecule has 0 atom stereocenters. The van der Waals surface area contributed by atoms with Crippen LogP contribution in [0.5, 0.6) is 5.75 Å². The quantitative estimate of drug-likeness (QED) is 0.403. The first-order chi connectivity index (χ1) is 16.3. The average molecular weight is 484 g/mol. The fraction of sp³-hybridized carbons (Fsp3) is 0.360. The predicted molar refractivity (Wildman–Crippen MR) is 130 cm³/mol. The lowest BCUT2D eigenvalue weighted by Gasteiger charge is -2.14. The Hall–Kier alpha value is -3.46. The van der Waals surface area contributed by atoms with Crippen LogP contribution in [0.1, 0.15) is 42.0 Å². The Morgan fingerprint density at radius 2 is 2.00 bits per heavy atom. The second kappa shape index (κ2) is 12.1. The SMILES string of the molecule is Cc1sc(-c2cccnc2)nc1CCOc1ccc(CCC(=O)O)c(CNC(=O)OC(C)C)c1. The van der Waals surface area contributed by atoms with E-state index in [-0.39, 0.29) is 19.1 Å². The monoisotopic (exact) mass is 483 g/mol. The summed E-state index contributed by atoms with van der Waals surface area (Å²) in [5.41, 5.74) is 3.62. The first kappa shape index (κ1) is 25.2. The highest BCUT2D eigenvalue weighted by atomic mass is 32.1. The van der Waals surface area contributed by atoms with Crippen molar-refractivity contribution in [2.75, 3.05) is 6.61 Å². The normalized spacial score (nSPS) is 10.8. The van der Waals surface area contributed by atoms with Gasteiger partial charge in [0.25, 0.3) is 0 Å². The van der Waals surface area contributed by atoms with E-state index in [4.69, 9.17) is 19.6 Å². The van der Waals surface area contributed by atoms with Gasteiger partial charge in [-0.2, -0.15) is 0 Å². The Balaban J connectivity index is 1.64. The molecule has 0 saturated carbocycles. The molecule has 2 aromatic heterocycles. The molecule has 0 saturated heterocycles. The summed E-state index contributed by atoms with van der Waals surface area (Å²) in [6.45, 7) is 6.25. The molecule has 9 heteroatoms. The van der Waals surface area contributed by atoms with Crippen molar-refractivity contribution in [2.45, 2.75) is 52.7 Å². The van der Waals surface area contributed by atoms with Gasteiger partial charge in [0, 0.05) is 42.2 Å². The van der Waals surface area contributed by atoms with Gasteiger partial charge in [-0.3, -0.25) is 9.78 Å². The van der Waals surface area contributed by atoms with Crippen LogP contribution in [-0.2, 0) is 28.9 Å². The van der Waals surface area contributed by atoms with Gasteiger partial charge < -0.3 is 19.9 Å². The van der Waals surface area contributed by atoms with Crippen molar-refractivity contribution in [3.8, 4) is 16.3 Å². The van der Waals surface area contributed by atoms with Gasteiger partial charge in [0.15, 0.2) is 0 Å². The van der Waals surface area contributed by atoms with Crippen LogP contribution >= 0.6 is 11.3 Å². The maximum Gasteiger partial charge on any atom is 0.407 e. The van der Waals surface area contributed by atoms with Gasteiger partial charge >= 0.3 is 12.1 Å². The van der Waals surface area contributed by atoms with Crippen molar-refractivity contribution in [1.82, 2.24) is 15.3 Å². The number of aryl methyl sites for hydroxylation is 2. The molecule has 2 N–H and O–H groups in total. The highest BCUT2D eigenvalue weighted by Gasteiger charge is 2.12. The third-order valence-corrected chi connectivity index (χ3v) is 6.02. The van der Waals surface area contributed by atoms with Crippen molar-refractivity contribution >= 4 is 23.4 Å². The molecule has 0 radical (unpaired) electrons. The number of pyridine rings is 1. The van der Waals surface area contributed by atoms with E-state index in [1.807, 2.05) is 37.3 Å². The molecule has 8 nitrogen and oxygen atoms in total. The molecule has 0 unspecified atom stereocenters. The molecule has 1 amide bonds. The third-order valence-electron chi connectivity index (χ3n) is 4.96. The lowest BCUT2D eigenvalue weighted by atomic mass is 10.0. The molecule has 0 aliphatic rings. The van der Waals surface area contributed by atoms with Crippen LogP contribution in [0.2, 0.25) is 0 Å². The Bertz CT molecular complexity index is 1110. The lowest BCUT2D eigenvalue weighted by Crippen LogP contribution is -2.26. The second-order valence-electron chi connectivity index (χ2n) is 7.99. The minimum Gasteiger partial charge on any atom is -0.493 e. The van der Waals surface area contributed by atoms with Crippen LogP contribution in [0.25, 0.3) is 10.6 Å². The molecular formula is C25H29N3O5S. The Morgan fingerprint density at radius 3 is 2.71 bits per heavy atom. The largest absolute Gasteiger partial charge is 0.493 e. The maximum absolute atomic E-state index is 11.9. The molecule has 1 aromatic carbocycles. The molecule has 34 heavy (non-hydrogen) atoms. The number of aliphatic carboxylic acids is 1. The molecule has 0 bridgehead atoms. The van der Waals surface area contributed by atoms with Crippen LogP contribution in [0.4, 0.5) is 4.79 Å². The zero-order chi connectivity index (χ0) is 24.5. The van der Waals surface area contributed by atoms with E-state index in [2.05, 4.69) is 10.3 Å². The number of thiazole rings is 1. The zero-order valence-electron chi connectivity index (χ0n) is 19.5. The number of rotatable bonds is 11. The summed E-state index contributed by atoms with van der Waals surface area (Å²) >= 11 is 1.63. The second-order valence-corrected chi connectivity index (χ2v) is 9.20. The first-order valence-electron chi connectivity index (χ1n) is 11.1. The minimum absolute atomic E-state index is 0.00597. The number of alkyl carbamates (subject to hydrolysis) is 1. The maximum atomic E-state index is 11.9. The minimum atomic E-state index is -0.872. The van der Waals surface area contributed by atoms with E-state index in [1.165, 1.54) is 0 Å². The van der Waals surface area contributed by atoms with Crippen LogP contribution in [0.15, 0.2) is 42.7 Å². The number of nitrogens with zero attached hydrogens (tertiary/aromatic N) is 2. The Morgan fingerprint density at radius 1 is 1.18 bits per heavy atom. The van der Waals surface area contributed by atoms with Gasteiger partial charge in [-0.15, -0.1) is 11.3 Å². The molecule has 0 aliphatic heterocycles. The van der Waals surface area contributed by atoms with Gasteiger partial charge in [-0.25, -0.2) is 9.78 Å². The molecule has 3 rings (SSSR count). The number of ether oxygens (including phenoxy) is 2. The number of amides is 1. The number of carboxylic acids is 1. The number of hydrogen-bond acceptors (Lipinski definition) is 7. The molecule has 0 aliphatic carbocycles. The fourth-order valence-electron chi connectivity index (χ4n) is 3.30. The molecule has 0 spiro atoms. The van der Waals surface area contributed by atoms with E-state index in [9.17, 15) is 9.59 Å². The summed E-state index contributed by atoms with van der Waals surface area (Å²) in [7, 11) is 0. The lowest BCUT2D eigenvalue weighted by molar-refractivity contribution is -0.136. The molecule has 3 aromatic rings. The Labute approximate surface area is 203 Å². The third kappa shape index (κ3) is 7.55. The summed E-state index contributed by atoms with van der Waals surface area (Å²) in [5, 5.41) is 12.7. The van der Waals surface area contributed by atoms with E-state index in [0.717, 1.165) is 32.3 Å². The summed E-state index contributed by atoms with van der Waals surface area (Å²) in [5.74, 6) is -0.226. The van der Waals surface area contributed by atoms with Crippen molar-refractivity contribution in [2.24, 2.45) is 0 Å². The number of carbonyl (C=O) groups excluding carboxylic acids is 1. The van der Waals surface area contributed by atoms with E-state index in [0.29, 0.717) is 25.2 Å². The highest BCUT2D eigenvalue weighted by Crippen LogP contribution is 2.27. The van der Waals surface area contributed by atoms with Crippen molar-refractivity contribution in [1.29, 1.82) is 0 Å². The van der Waals surface area contributed by atoms with E-state index < -0.39 is 12.1 Å².